The summed E-state index contributed by atoms with van der Waals surface area (Å²) < 4.78 is 10.7. The average molecular weight is 961 g/mol. The van der Waals surface area contributed by atoms with Crippen molar-refractivity contribution in [3.8, 4) is 22.3 Å². The Balaban J connectivity index is 1.46. The third kappa shape index (κ3) is 12.5. The first-order chi connectivity index (χ1) is 32.9. The molecule has 0 spiro atoms. The van der Waals surface area contributed by atoms with Crippen LogP contribution in [0.1, 0.15) is 89.5 Å². The maximum Gasteiger partial charge on any atom is 0.325 e. The number of nitrogens with zero attached hydrogens (tertiary/aromatic N) is 4. The molecule has 2 atom stereocenters. The van der Waals surface area contributed by atoms with Gasteiger partial charge in [-0.25, -0.2) is 0 Å². The van der Waals surface area contributed by atoms with Crippen LogP contribution in [-0.2, 0) is 28.7 Å². The summed E-state index contributed by atoms with van der Waals surface area (Å²) in [6, 6.07) is 19.6. The van der Waals surface area contributed by atoms with Crippen molar-refractivity contribution in [1.82, 2.24) is 20.4 Å². The van der Waals surface area contributed by atoms with Crippen molar-refractivity contribution in [2.24, 2.45) is 0 Å². The summed E-state index contributed by atoms with van der Waals surface area (Å²) in [7, 11) is 0. The van der Waals surface area contributed by atoms with Gasteiger partial charge in [0.1, 0.15) is 12.1 Å². The minimum Gasteiger partial charge on any atom is -0.462 e. The predicted molar refractivity (Wildman–Crippen MR) is 267 cm³/mol. The van der Waals surface area contributed by atoms with Gasteiger partial charge >= 0.3 is 11.9 Å². The van der Waals surface area contributed by atoms with Crippen molar-refractivity contribution in [2.45, 2.75) is 101 Å². The zero-order valence-electron chi connectivity index (χ0n) is 40.2. The summed E-state index contributed by atoms with van der Waals surface area (Å²) in [5.74, 6) is -1.85. The fraction of sp³-hybridized carbons (Fsp3) is 0.385. The number of piperazine rings is 2. The maximum absolute atomic E-state index is 13.7. The van der Waals surface area contributed by atoms with Crippen molar-refractivity contribution >= 4 is 59.0 Å². The molecular formula is C52H60N6O10S. The third-order valence-electron chi connectivity index (χ3n) is 11.7. The molecule has 2 unspecified atom stereocenters. The van der Waals surface area contributed by atoms with Crippen LogP contribution in [0.2, 0.25) is 0 Å². The van der Waals surface area contributed by atoms with Gasteiger partial charge in [-0.2, -0.15) is 0 Å². The molecule has 2 aliphatic heterocycles. The lowest BCUT2D eigenvalue weighted by molar-refractivity contribution is -0.387. The monoisotopic (exact) mass is 960 g/mol. The van der Waals surface area contributed by atoms with Crippen LogP contribution in [0.15, 0.2) is 94.7 Å². The molecule has 16 nitrogen and oxygen atoms in total. The van der Waals surface area contributed by atoms with E-state index in [0.29, 0.717) is 48.4 Å². The molecule has 4 aromatic rings. The molecule has 2 aliphatic rings. The van der Waals surface area contributed by atoms with Gasteiger partial charge in [0.25, 0.3) is 11.4 Å². The van der Waals surface area contributed by atoms with E-state index >= 15 is 0 Å². The molecule has 0 aromatic heterocycles. The number of ether oxygens (including phenoxy) is 2. The van der Waals surface area contributed by atoms with Gasteiger partial charge in [0, 0.05) is 51.4 Å². The summed E-state index contributed by atoms with van der Waals surface area (Å²) in [5, 5.41) is 33.2. The maximum atomic E-state index is 13.7. The SMILES string of the molecule is CC(C)OC(=O)C1CN(C(=O)/C=C/c2ccc(Sc3ccc(/C=C/C(=O)N4CCNC(C(=O)OC(C)C)C4)c(-c4ccccc4C(C)C)c3[N+](=O)[O-])c([N+](=O)[O-])c2-c2ccccc2C(C)C)CCN1. The Labute approximate surface area is 406 Å². The van der Waals surface area contributed by atoms with E-state index in [9.17, 15) is 39.4 Å². The number of nitrogens with one attached hydrogen (secondary N) is 2. The second-order valence-corrected chi connectivity index (χ2v) is 19.2. The number of hydrogen-bond acceptors (Lipinski definition) is 13. The van der Waals surface area contributed by atoms with Crippen LogP contribution in [0.25, 0.3) is 34.4 Å². The predicted octanol–water partition coefficient (Wildman–Crippen LogP) is 8.77. The van der Waals surface area contributed by atoms with E-state index in [2.05, 4.69) is 10.6 Å². The molecule has 0 saturated carbocycles. The molecular weight excluding hydrogens is 901 g/mol. The molecule has 2 amide bonds. The molecule has 2 N–H and O–H groups in total. The molecule has 0 radical (unpaired) electrons. The summed E-state index contributed by atoms with van der Waals surface area (Å²) in [6.07, 6.45) is 5.08. The Morgan fingerprint density at radius 2 is 0.986 bits per heavy atom. The van der Waals surface area contributed by atoms with Crippen molar-refractivity contribution in [3.63, 3.8) is 0 Å². The molecule has 2 fully saturated rings. The Hall–Kier alpha value is -6.69. The Morgan fingerprint density at radius 3 is 1.33 bits per heavy atom. The number of rotatable bonds is 16. The Morgan fingerprint density at radius 1 is 0.609 bits per heavy atom. The van der Waals surface area contributed by atoms with Gasteiger partial charge in [0.05, 0.1) is 43.0 Å². The lowest BCUT2D eigenvalue weighted by atomic mass is 9.89. The summed E-state index contributed by atoms with van der Waals surface area (Å²) in [6.45, 7) is 16.4. The smallest absolute Gasteiger partial charge is 0.325 e. The highest BCUT2D eigenvalue weighted by atomic mass is 32.2. The van der Waals surface area contributed by atoms with Gasteiger partial charge < -0.3 is 29.9 Å². The second kappa shape index (κ2) is 23.1. The fourth-order valence-corrected chi connectivity index (χ4v) is 9.55. The van der Waals surface area contributed by atoms with Crippen LogP contribution >= 0.6 is 11.8 Å². The normalized spacial score (nSPS) is 16.5. The van der Waals surface area contributed by atoms with E-state index in [-0.39, 0.29) is 69.4 Å². The third-order valence-corrected chi connectivity index (χ3v) is 12.8. The highest BCUT2D eigenvalue weighted by molar-refractivity contribution is 7.99. The summed E-state index contributed by atoms with van der Waals surface area (Å²) in [5.41, 5.74) is 3.35. The van der Waals surface area contributed by atoms with E-state index < -0.39 is 45.7 Å². The molecule has 0 aliphatic carbocycles. The second-order valence-electron chi connectivity index (χ2n) is 18.1. The largest absolute Gasteiger partial charge is 0.462 e. The minimum atomic E-state index is -0.714. The van der Waals surface area contributed by atoms with Gasteiger partial charge in [-0.1, -0.05) is 100 Å². The molecule has 2 saturated heterocycles. The van der Waals surface area contributed by atoms with Gasteiger partial charge in [-0.15, -0.1) is 0 Å². The lowest BCUT2D eigenvalue weighted by Gasteiger charge is -2.32. The van der Waals surface area contributed by atoms with Crippen LogP contribution < -0.4 is 10.6 Å². The first-order valence-electron chi connectivity index (χ1n) is 23.2. The number of nitro groups is 2. The van der Waals surface area contributed by atoms with Gasteiger partial charge in [0.15, 0.2) is 0 Å². The highest BCUT2D eigenvalue weighted by Gasteiger charge is 2.33. The van der Waals surface area contributed by atoms with Crippen LogP contribution in [0.5, 0.6) is 0 Å². The molecule has 69 heavy (non-hydrogen) atoms. The average Bonchev–Trinajstić information content (AvgIpc) is 3.31. The Kier molecular flexibility index (Phi) is 17.3. The number of carbonyl (C=O) groups excluding carboxylic acids is 4. The zero-order valence-corrected chi connectivity index (χ0v) is 41.0. The van der Waals surface area contributed by atoms with Gasteiger partial charge in [0.2, 0.25) is 11.8 Å². The molecule has 4 aromatic carbocycles. The van der Waals surface area contributed by atoms with Crippen molar-refractivity contribution in [1.29, 1.82) is 0 Å². The number of amides is 2. The topological polar surface area (TPSA) is 204 Å². The van der Waals surface area contributed by atoms with Gasteiger partial charge in [-0.3, -0.25) is 39.4 Å². The number of hydrogen-bond donors (Lipinski definition) is 2. The first kappa shape index (κ1) is 51.7. The number of benzene rings is 4. The Bertz CT molecular complexity index is 2480. The molecule has 364 valence electrons. The summed E-state index contributed by atoms with van der Waals surface area (Å²) in [4.78, 5) is 82.1. The van der Waals surface area contributed by atoms with E-state index in [1.165, 1.54) is 46.2 Å². The quantitative estimate of drug-likeness (QED) is 0.0467. The fourth-order valence-electron chi connectivity index (χ4n) is 8.50. The number of carbonyl (C=O) groups is 4. The number of nitro benzene ring substituents is 2. The van der Waals surface area contributed by atoms with Gasteiger partial charge in [-0.05, 0) is 97.2 Å². The standard InChI is InChI=1S/C52H60N6O10S/c1-31(2)37-13-9-11-15-39(37)47-35(19-23-45(59)55-27-25-53-41(29-55)51(61)67-33(5)6)17-21-43(49(47)57(63)64)69-44-22-18-36(48(50(44)58(65)66)40-16-12-10-14-38(40)32(3)4)20-24-46(60)56-28-26-54-42(30-56)52(62)68-34(7)8/h9-24,31-34,41-42,53-54H,25-30H2,1-8H3/b23-19+,24-20+. The van der Waals surface area contributed by atoms with E-state index in [1.54, 1.807) is 64.1 Å². The van der Waals surface area contributed by atoms with Crippen molar-refractivity contribution < 1.29 is 38.5 Å². The molecule has 2 heterocycles. The van der Waals surface area contributed by atoms with Crippen LogP contribution in [0.3, 0.4) is 0 Å². The van der Waals surface area contributed by atoms with Crippen molar-refractivity contribution in [2.75, 3.05) is 39.3 Å². The molecule has 6 rings (SSSR count). The van der Waals surface area contributed by atoms with Crippen LogP contribution in [0.4, 0.5) is 11.4 Å². The zero-order chi connectivity index (χ0) is 50.1. The van der Waals surface area contributed by atoms with E-state index in [4.69, 9.17) is 9.47 Å². The van der Waals surface area contributed by atoms with E-state index in [0.717, 1.165) is 22.9 Å². The number of esters is 2. The highest BCUT2D eigenvalue weighted by Crippen LogP contribution is 2.50. The molecule has 0 bridgehead atoms. The van der Waals surface area contributed by atoms with E-state index in [1.807, 2.05) is 52.0 Å². The van der Waals surface area contributed by atoms with Crippen LogP contribution in [0, 0.1) is 20.2 Å². The lowest BCUT2D eigenvalue weighted by Crippen LogP contribution is -2.56. The van der Waals surface area contributed by atoms with Crippen LogP contribution in [-0.4, -0.2) is 107 Å². The first-order valence-corrected chi connectivity index (χ1v) is 24.0. The van der Waals surface area contributed by atoms with Crippen molar-refractivity contribution in [3.05, 3.63) is 127 Å². The minimum absolute atomic E-state index is 0.0644. The summed E-state index contributed by atoms with van der Waals surface area (Å²) >= 11 is 0.886. The molecule has 17 heteroatoms.